The van der Waals surface area contributed by atoms with Gasteiger partial charge >= 0.3 is 5.97 Å². The molecule has 0 aromatic heterocycles. The summed E-state index contributed by atoms with van der Waals surface area (Å²) in [7, 11) is 0. The van der Waals surface area contributed by atoms with Crippen molar-refractivity contribution in [3.8, 4) is 16.9 Å². The fourth-order valence-electron chi connectivity index (χ4n) is 6.13. The molecule has 6 rings (SSSR count). The maximum absolute atomic E-state index is 13.5. The van der Waals surface area contributed by atoms with Crippen LogP contribution in [0.5, 0.6) is 5.75 Å². The first kappa shape index (κ1) is 32.2. The molecule has 46 heavy (non-hydrogen) atoms. The molecule has 0 spiro atoms. The molecule has 6 atom stereocenters. The average molecular weight is 632 g/mol. The maximum Gasteiger partial charge on any atom is 0.328 e. The van der Waals surface area contributed by atoms with Gasteiger partial charge in [-0.2, -0.15) is 0 Å². The van der Waals surface area contributed by atoms with Crippen LogP contribution in [0, 0.1) is 0 Å². The summed E-state index contributed by atoms with van der Waals surface area (Å²) in [6, 6.07) is 23.4. The van der Waals surface area contributed by atoms with Crippen molar-refractivity contribution in [2.45, 2.75) is 89.4 Å². The fourth-order valence-corrected chi connectivity index (χ4v) is 6.13. The van der Waals surface area contributed by atoms with Gasteiger partial charge in [-0.3, -0.25) is 4.79 Å². The molecule has 0 unspecified atom stereocenters. The number of amides is 1. The number of hydrogen-bond acceptors (Lipinski definition) is 9. The van der Waals surface area contributed by atoms with Crippen LogP contribution in [0.25, 0.3) is 11.1 Å². The quantitative estimate of drug-likeness (QED) is 0.325. The topological polar surface area (TPSA) is 111 Å². The molecule has 1 N–H and O–H groups in total. The van der Waals surface area contributed by atoms with Gasteiger partial charge in [-0.05, 0) is 63.9 Å². The van der Waals surface area contributed by atoms with Gasteiger partial charge in [-0.25, -0.2) is 4.79 Å². The van der Waals surface area contributed by atoms with Crippen molar-refractivity contribution in [3.63, 3.8) is 0 Å². The Labute approximate surface area is 269 Å². The van der Waals surface area contributed by atoms with Gasteiger partial charge in [-0.15, -0.1) is 0 Å². The number of ether oxygens (including phenoxy) is 7. The molecule has 0 aliphatic carbocycles. The highest BCUT2D eigenvalue weighted by atomic mass is 16.8. The van der Waals surface area contributed by atoms with Crippen LogP contribution in [0.3, 0.4) is 0 Å². The van der Waals surface area contributed by atoms with Crippen LogP contribution in [0.1, 0.15) is 50.5 Å². The summed E-state index contributed by atoms with van der Waals surface area (Å²) in [4.78, 5) is 26.3. The van der Waals surface area contributed by atoms with Crippen molar-refractivity contribution in [3.05, 3.63) is 90.0 Å². The SMILES string of the molecule is CCOC(=O)[C@H](Cc1ccccc1)NC(=O)c1cccc(-c2ccccc2O[C@H]2O[C@@H]3COC(C)(C)O[C@H]3[C@@H]3OC(C)(C)O[C@H]23)c1. The van der Waals surface area contributed by atoms with Crippen LogP contribution in [0.4, 0.5) is 0 Å². The monoisotopic (exact) mass is 631 g/mol. The van der Waals surface area contributed by atoms with E-state index in [2.05, 4.69) is 5.32 Å². The number of carbonyl (C=O) groups is 2. The second-order valence-electron chi connectivity index (χ2n) is 12.6. The van der Waals surface area contributed by atoms with Crippen LogP contribution in [-0.2, 0) is 39.6 Å². The third-order valence-corrected chi connectivity index (χ3v) is 8.17. The summed E-state index contributed by atoms with van der Waals surface area (Å²) in [6.07, 6.45) is -2.29. The Morgan fingerprint density at radius 1 is 0.870 bits per heavy atom. The number of esters is 1. The summed E-state index contributed by atoms with van der Waals surface area (Å²) in [5.41, 5.74) is 2.80. The normalized spacial score (nSPS) is 26.7. The third-order valence-electron chi connectivity index (χ3n) is 8.17. The van der Waals surface area contributed by atoms with Crippen molar-refractivity contribution in [1.82, 2.24) is 5.32 Å². The average Bonchev–Trinajstić information content (AvgIpc) is 3.37. The van der Waals surface area contributed by atoms with Gasteiger partial charge in [0, 0.05) is 17.5 Å². The van der Waals surface area contributed by atoms with Gasteiger partial charge in [0.2, 0.25) is 6.29 Å². The number of nitrogens with one attached hydrogen (secondary N) is 1. The first-order valence-corrected chi connectivity index (χ1v) is 15.7. The van der Waals surface area contributed by atoms with Crippen LogP contribution < -0.4 is 10.1 Å². The second-order valence-corrected chi connectivity index (χ2v) is 12.6. The lowest BCUT2D eigenvalue weighted by atomic mass is 9.97. The van der Waals surface area contributed by atoms with Crippen LogP contribution in [0.2, 0.25) is 0 Å². The van der Waals surface area contributed by atoms with Crippen LogP contribution >= 0.6 is 0 Å². The minimum Gasteiger partial charge on any atom is -0.464 e. The van der Waals surface area contributed by atoms with Crippen molar-refractivity contribution in [2.75, 3.05) is 13.2 Å². The molecule has 3 fully saturated rings. The predicted octanol–water partition coefficient (Wildman–Crippen LogP) is 5.03. The van der Waals surface area contributed by atoms with E-state index in [0.29, 0.717) is 24.3 Å². The van der Waals surface area contributed by atoms with Crippen molar-refractivity contribution in [1.29, 1.82) is 0 Å². The predicted molar refractivity (Wildman–Crippen MR) is 168 cm³/mol. The van der Waals surface area contributed by atoms with Crippen molar-refractivity contribution >= 4 is 11.9 Å². The molecule has 10 nitrogen and oxygen atoms in total. The molecule has 0 bridgehead atoms. The van der Waals surface area contributed by atoms with Gasteiger partial charge in [0.05, 0.1) is 13.2 Å². The zero-order valence-corrected chi connectivity index (χ0v) is 26.8. The highest BCUT2D eigenvalue weighted by molar-refractivity contribution is 5.98. The first-order chi connectivity index (χ1) is 22.0. The molecule has 1 amide bonds. The van der Waals surface area contributed by atoms with E-state index < -0.39 is 54.1 Å². The van der Waals surface area contributed by atoms with Gasteiger partial charge in [-0.1, -0.05) is 60.7 Å². The lowest BCUT2D eigenvalue weighted by Crippen LogP contribution is -2.64. The van der Waals surface area contributed by atoms with E-state index in [1.807, 2.05) is 88.4 Å². The van der Waals surface area contributed by atoms with Crippen LogP contribution in [-0.4, -0.2) is 73.4 Å². The number of benzene rings is 3. The van der Waals surface area contributed by atoms with Gasteiger partial charge in [0.15, 0.2) is 17.7 Å². The largest absolute Gasteiger partial charge is 0.464 e. The van der Waals surface area contributed by atoms with Crippen LogP contribution in [0.15, 0.2) is 78.9 Å². The highest BCUT2D eigenvalue weighted by Crippen LogP contribution is 2.43. The molecule has 3 heterocycles. The molecule has 3 aliphatic heterocycles. The zero-order chi connectivity index (χ0) is 32.5. The van der Waals surface area contributed by atoms with E-state index >= 15 is 0 Å². The summed E-state index contributed by atoms with van der Waals surface area (Å²) in [5, 5.41) is 2.87. The number of hydrogen-bond donors (Lipinski definition) is 1. The molecule has 3 aliphatic rings. The number of carbonyl (C=O) groups excluding carboxylic acids is 2. The Kier molecular flexibility index (Phi) is 9.18. The molecule has 10 heteroatoms. The fraction of sp³-hybridized carbons (Fsp3) is 0.444. The van der Waals surface area contributed by atoms with Crippen molar-refractivity contribution in [2.24, 2.45) is 0 Å². The molecule has 3 saturated heterocycles. The minimum absolute atomic E-state index is 0.215. The lowest BCUT2D eigenvalue weighted by molar-refractivity contribution is -0.362. The van der Waals surface area contributed by atoms with Gasteiger partial charge in [0.1, 0.15) is 30.1 Å². The van der Waals surface area contributed by atoms with E-state index in [9.17, 15) is 9.59 Å². The summed E-state index contributed by atoms with van der Waals surface area (Å²) in [5.74, 6) is -1.97. The standard InChI is InChI=1S/C36H41NO9/c1-6-40-33(39)26(19-22-13-8-7-9-14-22)37-32(38)24-16-12-15-23(20-24)25-17-10-11-18-27(25)42-34-31-30(45-36(4,5)46-31)29-28(43-34)21-41-35(2,3)44-29/h7-18,20,26,28-31,34H,6,19,21H2,1-5H3,(H,37,38)/t26-,28+,29+,30-,31-,34-/m0/s1. The third kappa shape index (κ3) is 7.11. The molecule has 244 valence electrons. The molecular weight excluding hydrogens is 590 g/mol. The Morgan fingerprint density at radius 2 is 1.59 bits per heavy atom. The van der Waals surface area contributed by atoms with E-state index in [-0.39, 0.29) is 12.7 Å². The summed E-state index contributed by atoms with van der Waals surface area (Å²) < 4.78 is 42.9. The molecule has 3 aromatic rings. The van der Waals surface area contributed by atoms with E-state index in [0.717, 1.165) is 16.7 Å². The summed E-state index contributed by atoms with van der Waals surface area (Å²) >= 11 is 0. The second kappa shape index (κ2) is 13.1. The van der Waals surface area contributed by atoms with Crippen molar-refractivity contribution < 1.29 is 42.7 Å². The van der Waals surface area contributed by atoms with Gasteiger partial charge < -0.3 is 38.5 Å². The zero-order valence-electron chi connectivity index (χ0n) is 26.8. The molecular formula is C36H41NO9. The smallest absolute Gasteiger partial charge is 0.328 e. The Balaban J connectivity index is 1.22. The Morgan fingerprint density at radius 3 is 2.37 bits per heavy atom. The van der Waals surface area contributed by atoms with E-state index in [4.69, 9.17) is 33.2 Å². The maximum atomic E-state index is 13.5. The summed E-state index contributed by atoms with van der Waals surface area (Å²) in [6.45, 7) is 9.73. The van der Waals surface area contributed by atoms with Gasteiger partial charge in [0.25, 0.3) is 5.91 Å². The number of rotatable bonds is 9. The molecule has 3 aromatic carbocycles. The molecule has 0 saturated carbocycles. The highest BCUT2D eigenvalue weighted by Gasteiger charge is 2.59. The number of para-hydroxylation sites is 1. The Bertz CT molecular complexity index is 1540. The number of fused-ring (bicyclic) bond motifs is 3. The first-order valence-electron chi connectivity index (χ1n) is 15.7. The molecule has 0 radical (unpaired) electrons. The van der Waals surface area contributed by atoms with E-state index in [1.165, 1.54) is 0 Å². The van der Waals surface area contributed by atoms with E-state index in [1.54, 1.807) is 25.1 Å². The lowest BCUT2D eigenvalue weighted by Gasteiger charge is -2.48. The Hall–Kier alpha value is -3.80. The minimum atomic E-state index is -0.857.